The summed E-state index contributed by atoms with van der Waals surface area (Å²) in [6.45, 7) is 1.65. The highest BCUT2D eigenvalue weighted by Gasteiger charge is 2.18. The lowest BCUT2D eigenvalue weighted by molar-refractivity contribution is 0.0696. The molecule has 0 unspecified atom stereocenters. The summed E-state index contributed by atoms with van der Waals surface area (Å²) < 4.78 is 26.1. The van der Waals surface area contributed by atoms with Crippen molar-refractivity contribution in [1.29, 1.82) is 0 Å². The van der Waals surface area contributed by atoms with Crippen molar-refractivity contribution in [2.75, 3.05) is 0 Å². The molecule has 2 aromatic heterocycles. The Balaban J connectivity index is 0.000000187. The number of pyridine rings is 1. The quantitative estimate of drug-likeness (QED) is 0.498. The van der Waals surface area contributed by atoms with Crippen molar-refractivity contribution in [3.63, 3.8) is 0 Å². The molecule has 0 fully saturated rings. The Morgan fingerprint density at radius 1 is 0.871 bits per heavy atom. The van der Waals surface area contributed by atoms with E-state index < -0.39 is 22.0 Å². The third kappa shape index (κ3) is 4.78. The number of carbonyl (C=O) groups is 2. The van der Waals surface area contributed by atoms with Crippen LogP contribution in [0.4, 0.5) is 0 Å². The number of fused-ring (bicyclic) bond motifs is 1. The molecule has 0 saturated heterocycles. The van der Waals surface area contributed by atoms with Gasteiger partial charge in [0.1, 0.15) is 0 Å². The molecule has 8 nitrogen and oxygen atoms in total. The van der Waals surface area contributed by atoms with Gasteiger partial charge < -0.3 is 10.2 Å². The number of hydrogen-bond donors (Lipinski definition) is 2. The number of nitrogens with zero attached hydrogens (tertiary/aromatic N) is 2. The van der Waals surface area contributed by atoms with E-state index in [2.05, 4.69) is 4.98 Å². The highest BCUT2D eigenvalue weighted by Crippen LogP contribution is 2.20. The van der Waals surface area contributed by atoms with Crippen molar-refractivity contribution >= 4 is 33.0 Å². The highest BCUT2D eigenvalue weighted by molar-refractivity contribution is 7.90. The molecule has 0 amide bonds. The summed E-state index contributed by atoms with van der Waals surface area (Å²) in [4.78, 5) is 25.5. The summed E-state index contributed by atoms with van der Waals surface area (Å²) in [5.74, 6) is -2.24. The summed E-state index contributed by atoms with van der Waals surface area (Å²) in [5, 5.41) is 17.2. The zero-order chi connectivity index (χ0) is 22.6. The SMILES string of the molecule is Cc1cc(C(=O)O)cc(C(=O)O)c1.O=S(=O)(c1ccccc1)n1ccc2ncccc21. The van der Waals surface area contributed by atoms with Crippen LogP contribution < -0.4 is 0 Å². The van der Waals surface area contributed by atoms with Crippen LogP contribution in [-0.2, 0) is 10.0 Å². The molecule has 2 heterocycles. The molecule has 31 heavy (non-hydrogen) atoms. The van der Waals surface area contributed by atoms with Crippen LogP contribution in [0.25, 0.3) is 11.0 Å². The minimum atomic E-state index is -3.55. The first kappa shape index (κ1) is 21.7. The van der Waals surface area contributed by atoms with Gasteiger partial charge in [0.25, 0.3) is 10.0 Å². The van der Waals surface area contributed by atoms with Crippen LogP contribution in [0, 0.1) is 6.92 Å². The van der Waals surface area contributed by atoms with Crippen LogP contribution in [-0.4, -0.2) is 39.5 Å². The number of aromatic carboxylic acids is 2. The topological polar surface area (TPSA) is 127 Å². The van der Waals surface area contributed by atoms with Crippen LogP contribution in [0.3, 0.4) is 0 Å². The van der Waals surface area contributed by atoms with Crippen LogP contribution in [0.2, 0.25) is 0 Å². The molecule has 4 aromatic rings. The second-order valence-electron chi connectivity index (χ2n) is 6.54. The standard InChI is InChI=1S/C13H10N2O2S.C9H8O4/c16-18(17,11-5-2-1-3-6-11)15-10-8-12-13(15)7-4-9-14-12;1-5-2-6(8(10)11)4-7(3-5)9(12)13/h1-10H;2-4H,1H3,(H,10,11)(H,12,13). The predicted octanol–water partition coefficient (Wildman–Crippen LogP) is 3.66. The van der Waals surface area contributed by atoms with Crippen molar-refractivity contribution in [1.82, 2.24) is 8.96 Å². The second kappa shape index (κ2) is 8.80. The molecule has 158 valence electrons. The van der Waals surface area contributed by atoms with Crippen LogP contribution in [0.15, 0.2) is 84.0 Å². The molecule has 0 aliphatic carbocycles. The first-order valence-corrected chi connectivity index (χ1v) is 10.4. The smallest absolute Gasteiger partial charge is 0.335 e. The van der Waals surface area contributed by atoms with E-state index in [4.69, 9.17) is 10.2 Å². The maximum atomic E-state index is 12.4. The second-order valence-corrected chi connectivity index (χ2v) is 8.35. The summed E-state index contributed by atoms with van der Waals surface area (Å²) in [6.07, 6.45) is 3.17. The molecule has 2 aromatic carbocycles. The van der Waals surface area contributed by atoms with E-state index in [0.29, 0.717) is 16.6 Å². The molecule has 2 N–H and O–H groups in total. The first-order chi connectivity index (χ1) is 14.7. The number of aromatic nitrogens is 2. The van der Waals surface area contributed by atoms with Gasteiger partial charge in [0, 0.05) is 12.4 Å². The number of rotatable bonds is 4. The maximum Gasteiger partial charge on any atom is 0.335 e. The zero-order valence-electron chi connectivity index (χ0n) is 16.3. The minimum absolute atomic E-state index is 0.00241. The Hall–Kier alpha value is -3.98. The van der Waals surface area contributed by atoms with E-state index in [-0.39, 0.29) is 16.0 Å². The van der Waals surface area contributed by atoms with Gasteiger partial charge in [0.2, 0.25) is 0 Å². The Morgan fingerprint density at radius 2 is 1.48 bits per heavy atom. The van der Waals surface area contributed by atoms with Gasteiger partial charge in [-0.25, -0.2) is 22.0 Å². The molecule has 0 saturated carbocycles. The van der Waals surface area contributed by atoms with Crippen molar-refractivity contribution in [2.45, 2.75) is 11.8 Å². The fourth-order valence-electron chi connectivity index (χ4n) is 2.89. The summed E-state index contributed by atoms with van der Waals surface area (Å²) >= 11 is 0. The average molecular weight is 438 g/mol. The monoisotopic (exact) mass is 438 g/mol. The molecule has 0 aliphatic heterocycles. The van der Waals surface area contributed by atoms with Gasteiger partial charge in [0.15, 0.2) is 0 Å². The number of aryl methyl sites for hydroxylation is 1. The summed E-state index contributed by atoms with van der Waals surface area (Å²) in [6, 6.07) is 17.5. The molecule has 4 rings (SSSR count). The van der Waals surface area contributed by atoms with Crippen molar-refractivity contribution in [2.24, 2.45) is 0 Å². The lowest BCUT2D eigenvalue weighted by Gasteiger charge is -2.06. The van der Waals surface area contributed by atoms with Gasteiger partial charge in [0.05, 0.1) is 27.1 Å². The Kier molecular flexibility index (Phi) is 6.17. The van der Waals surface area contributed by atoms with E-state index in [1.54, 1.807) is 61.7 Å². The molecule has 9 heteroatoms. The van der Waals surface area contributed by atoms with Crippen LogP contribution >= 0.6 is 0 Å². The number of benzene rings is 2. The number of hydrogen-bond acceptors (Lipinski definition) is 5. The highest BCUT2D eigenvalue weighted by atomic mass is 32.2. The lowest BCUT2D eigenvalue weighted by Crippen LogP contribution is -2.11. The summed E-state index contributed by atoms with van der Waals surface area (Å²) in [7, 11) is -3.55. The van der Waals surface area contributed by atoms with Gasteiger partial charge in [-0.2, -0.15) is 0 Å². The Bertz CT molecular complexity index is 1330. The normalized spacial score (nSPS) is 10.9. The Morgan fingerprint density at radius 3 is 2.06 bits per heavy atom. The lowest BCUT2D eigenvalue weighted by atomic mass is 10.1. The molecular weight excluding hydrogens is 420 g/mol. The fraction of sp³-hybridized carbons (Fsp3) is 0.0455. The zero-order valence-corrected chi connectivity index (χ0v) is 17.2. The molecular formula is C22H18N2O6S. The largest absolute Gasteiger partial charge is 0.478 e. The summed E-state index contributed by atoms with van der Waals surface area (Å²) in [5.41, 5.74) is 1.87. The van der Waals surface area contributed by atoms with Crippen LogP contribution in [0.1, 0.15) is 26.3 Å². The number of carboxylic acids is 2. The third-order valence-corrected chi connectivity index (χ3v) is 6.00. The molecule has 0 atom stereocenters. The maximum absolute atomic E-state index is 12.4. The minimum Gasteiger partial charge on any atom is -0.478 e. The van der Waals surface area contributed by atoms with E-state index in [1.165, 1.54) is 22.3 Å². The molecule has 0 radical (unpaired) electrons. The van der Waals surface area contributed by atoms with Gasteiger partial charge in [-0.15, -0.1) is 0 Å². The van der Waals surface area contributed by atoms with E-state index in [9.17, 15) is 18.0 Å². The van der Waals surface area contributed by atoms with Gasteiger partial charge in [-0.05, 0) is 61.0 Å². The number of carboxylic acid groups (broad SMARTS) is 2. The first-order valence-electron chi connectivity index (χ1n) is 9.01. The van der Waals surface area contributed by atoms with Gasteiger partial charge >= 0.3 is 11.9 Å². The average Bonchev–Trinajstić information content (AvgIpc) is 3.19. The van der Waals surface area contributed by atoms with Crippen molar-refractivity contribution in [3.05, 3.63) is 95.8 Å². The van der Waals surface area contributed by atoms with E-state index in [0.717, 1.165) is 6.07 Å². The van der Waals surface area contributed by atoms with Gasteiger partial charge in [-0.3, -0.25) is 4.98 Å². The van der Waals surface area contributed by atoms with Crippen LogP contribution in [0.5, 0.6) is 0 Å². The van der Waals surface area contributed by atoms with Crippen molar-refractivity contribution < 1.29 is 28.2 Å². The molecule has 0 aliphatic rings. The third-order valence-electron chi connectivity index (χ3n) is 4.29. The predicted molar refractivity (Wildman–Crippen MR) is 114 cm³/mol. The van der Waals surface area contributed by atoms with Gasteiger partial charge in [-0.1, -0.05) is 18.2 Å². The fourth-order valence-corrected chi connectivity index (χ4v) is 4.25. The molecule has 0 bridgehead atoms. The Labute approximate surface area is 178 Å². The van der Waals surface area contributed by atoms with E-state index in [1.807, 2.05) is 0 Å². The van der Waals surface area contributed by atoms with Crippen molar-refractivity contribution in [3.8, 4) is 0 Å². The van der Waals surface area contributed by atoms with E-state index >= 15 is 0 Å². The molecule has 0 spiro atoms.